The number of aromatic carboxylic acids is 1. The lowest BCUT2D eigenvalue weighted by Gasteiger charge is -2.18. The highest BCUT2D eigenvalue weighted by Gasteiger charge is 2.13. The summed E-state index contributed by atoms with van der Waals surface area (Å²) in [5.74, 6) is -0.330. The van der Waals surface area contributed by atoms with Crippen LogP contribution >= 0.6 is 0 Å². The zero-order valence-corrected chi connectivity index (χ0v) is 11.2. The average Bonchev–Trinajstić information content (AvgIpc) is 2.64. The van der Waals surface area contributed by atoms with Crippen molar-refractivity contribution in [1.82, 2.24) is 10.2 Å². The molecule has 0 radical (unpaired) electrons. The van der Waals surface area contributed by atoms with Gasteiger partial charge in [-0.25, -0.2) is 4.79 Å². The Kier molecular flexibility index (Phi) is 4.95. The summed E-state index contributed by atoms with van der Waals surface area (Å²) in [6.45, 7) is 3.38. The Morgan fingerprint density at radius 1 is 1.40 bits per heavy atom. The van der Waals surface area contributed by atoms with Gasteiger partial charge in [-0.1, -0.05) is 6.07 Å². The summed E-state index contributed by atoms with van der Waals surface area (Å²) in [6, 6.07) is 6.43. The SMILES string of the molecule is O=C1CCN(CCOc2cccc(C(=O)O)c2)CCN1. The molecule has 6 heteroatoms. The van der Waals surface area contributed by atoms with E-state index < -0.39 is 5.97 Å². The van der Waals surface area contributed by atoms with Crippen LogP contribution in [0.3, 0.4) is 0 Å². The Hall–Kier alpha value is -2.08. The molecule has 1 aliphatic heterocycles. The van der Waals surface area contributed by atoms with Crippen LogP contribution in [0.25, 0.3) is 0 Å². The van der Waals surface area contributed by atoms with Crippen molar-refractivity contribution in [3.8, 4) is 5.75 Å². The molecule has 2 rings (SSSR count). The Morgan fingerprint density at radius 3 is 3.05 bits per heavy atom. The van der Waals surface area contributed by atoms with Gasteiger partial charge < -0.3 is 15.2 Å². The molecule has 2 N–H and O–H groups in total. The van der Waals surface area contributed by atoms with E-state index >= 15 is 0 Å². The number of rotatable bonds is 5. The number of ether oxygens (including phenoxy) is 1. The Bertz CT molecular complexity index is 490. The monoisotopic (exact) mass is 278 g/mol. The summed E-state index contributed by atoms with van der Waals surface area (Å²) in [5.41, 5.74) is 0.215. The summed E-state index contributed by atoms with van der Waals surface area (Å²) in [7, 11) is 0. The van der Waals surface area contributed by atoms with Gasteiger partial charge in [-0.2, -0.15) is 0 Å². The summed E-state index contributed by atoms with van der Waals surface area (Å²) >= 11 is 0. The van der Waals surface area contributed by atoms with E-state index in [1.165, 1.54) is 12.1 Å². The standard InChI is InChI=1S/C14H18N2O4/c17-13-4-6-16(7-5-15-13)8-9-20-12-3-1-2-11(10-12)14(18)19/h1-3,10H,4-9H2,(H,15,17)(H,18,19). The molecular formula is C14H18N2O4. The zero-order valence-electron chi connectivity index (χ0n) is 11.2. The lowest BCUT2D eigenvalue weighted by Crippen LogP contribution is -2.32. The molecule has 1 saturated heterocycles. The van der Waals surface area contributed by atoms with Crippen molar-refractivity contribution in [2.75, 3.05) is 32.8 Å². The molecule has 1 aliphatic rings. The van der Waals surface area contributed by atoms with E-state index in [9.17, 15) is 9.59 Å². The Balaban J connectivity index is 1.79. The number of benzene rings is 1. The molecule has 20 heavy (non-hydrogen) atoms. The number of nitrogens with zero attached hydrogens (tertiary/aromatic N) is 1. The van der Waals surface area contributed by atoms with Crippen molar-refractivity contribution < 1.29 is 19.4 Å². The number of hydrogen-bond acceptors (Lipinski definition) is 4. The van der Waals surface area contributed by atoms with Crippen LogP contribution in [0.1, 0.15) is 16.8 Å². The minimum atomic E-state index is -0.965. The van der Waals surface area contributed by atoms with Gasteiger partial charge in [-0.3, -0.25) is 9.69 Å². The Labute approximate surface area is 117 Å². The van der Waals surface area contributed by atoms with E-state index in [2.05, 4.69) is 10.2 Å². The topological polar surface area (TPSA) is 78.9 Å². The second kappa shape index (κ2) is 6.91. The predicted octanol–water partition coefficient (Wildman–Crippen LogP) is 0.585. The van der Waals surface area contributed by atoms with Crippen LogP contribution in [0.15, 0.2) is 24.3 Å². The Morgan fingerprint density at radius 2 is 2.25 bits per heavy atom. The van der Waals surface area contributed by atoms with Crippen molar-refractivity contribution in [3.05, 3.63) is 29.8 Å². The van der Waals surface area contributed by atoms with Crippen molar-refractivity contribution >= 4 is 11.9 Å². The van der Waals surface area contributed by atoms with Crippen LogP contribution in [0, 0.1) is 0 Å². The maximum Gasteiger partial charge on any atom is 0.335 e. The van der Waals surface area contributed by atoms with Gasteiger partial charge in [-0.15, -0.1) is 0 Å². The van der Waals surface area contributed by atoms with Gasteiger partial charge in [-0.05, 0) is 18.2 Å². The van der Waals surface area contributed by atoms with E-state index in [1.54, 1.807) is 12.1 Å². The van der Waals surface area contributed by atoms with Crippen LogP contribution in [0.2, 0.25) is 0 Å². The predicted molar refractivity (Wildman–Crippen MR) is 73.0 cm³/mol. The molecule has 0 spiro atoms. The molecule has 0 atom stereocenters. The fourth-order valence-corrected chi connectivity index (χ4v) is 2.05. The van der Waals surface area contributed by atoms with Crippen molar-refractivity contribution in [1.29, 1.82) is 0 Å². The van der Waals surface area contributed by atoms with Gasteiger partial charge >= 0.3 is 5.97 Å². The molecule has 1 fully saturated rings. The summed E-state index contributed by atoms with van der Waals surface area (Å²) in [5, 5.41) is 11.7. The first-order chi connectivity index (χ1) is 9.65. The third-order valence-corrected chi connectivity index (χ3v) is 3.16. The van der Waals surface area contributed by atoms with Crippen molar-refractivity contribution in [3.63, 3.8) is 0 Å². The molecule has 6 nitrogen and oxygen atoms in total. The summed E-state index contributed by atoms with van der Waals surface area (Å²) in [4.78, 5) is 24.2. The maximum atomic E-state index is 11.2. The first-order valence-corrected chi connectivity index (χ1v) is 6.60. The first kappa shape index (κ1) is 14.3. The number of nitrogens with one attached hydrogen (secondary N) is 1. The fraction of sp³-hybridized carbons (Fsp3) is 0.429. The van der Waals surface area contributed by atoms with E-state index in [-0.39, 0.29) is 11.5 Å². The minimum Gasteiger partial charge on any atom is -0.492 e. The molecular weight excluding hydrogens is 260 g/mol. The maximum absolute atomic E-state index is 11.2. The number of carbonyl (C=O) groups is 2. The molecule has 0 bridgehead atoms. The molecule has 0 aromatic heterocycles. The molecule has 1 aromatic carbocycles. The van der Waals surface area contributed by atoms with Gasteiger partial charge in [0.15, 0.2) is 0 Å². The molecule has 0 saturated carbocycles. The van der Waals surface area contributed by atoms with Gasteiger partial charge in [0.2, 0.25) is 5.91 Å². The normalized spacial score (nSPS) is 16.3. The first-order valence-electron chi connectivity index (χ1n) is 6.60. The highest BCUT2D eigenvalue weighted by molar-refractivity contribution is 5.88. The average molecular weight is 278 g/mol. The molecule has 0 aliphatic carbocycles. The summed E-state index contributed by atoms with van der Waals surface area (Å²) < 4.78 is 5.56. The zero-order chi connectivity index (χ0) is 14.4. The highest BCUT2D eigenvalue weighted by Crippen LogP contribution is 2.13. The number of carboxylic acids is 1. The van der Waals surface area contributed by atoms with Crippen molar-refractivity contribution in [2.24, 2.45) is 0 Å². The smallest absolute Gasteiger partial charge is 0.335 e. The molecule has 108 valence electrons. The lowest BCUT2D eigenvalue weighted by molar-refractivity contribution is -0.120. The van der Waals surface area contributed by atoms with Crippen LogP contribution in [-0.2, 0) is 4.79 Å². The van der Waals surface area contributed by atoms with E-state index in [4.69, 9.17) is 9.84 Å². The number of hydrogen-bond donors (Lipinski definition) is 2. The van der Waals surface area contributed by atoms with Crippen LogP contribution in [0.4, 0.5) is 0 Å². The quantitative estimate of drug-likeness (QED) is 0.824. The number of carbonyl (C=O) groups excluding carboxylic acids is 1. The molecule has 1 aromatic rings. The van der Waals surface area contributed by atoms with Crippen LogP contribution < -0.4 is 10.1 Å². The molecule has 1 amide bonds. The van der Waals surface area contributed by atoms with Crippen LogP contribution in [-0.4, -0.2) is 54.7 Å². The van der Waals surface area contributed by atoms with E-state index in [1.807, 2.05) is 0 Å². The minimum absolute atomic E-state index is 0.0857. The highest BCUT2D eigenvalue weighted by atomic mass is 16.5. The van der Waals surface area contributed by atoms with Gasteiger partial charge in [0.1, 0.15) is 12.4 Å². The van der Waals surface area contributed by atoms with Crippen molar-refractivity contribution in [2.45, 2.75) is 6.42 Å². The van der Waals surface area contributed by atoms with Gasteiger partial charge in [0.05, 0.1) is 5.56 Å². The number of carboxylic acid groups (broad SMARTS) is 1. The van der Waals surface area contributed by atoms with E-state index in [0.717, 1.165) is 13.1 Å². The van der Waals surface area contributed by atoms with Gasteiger partial charge in [0, 0.05) is 32.6 Å². The third-order valence-electron chi connectivity index (χ3n) is 3.16. The second-order valence-corrected chi connectivity index (χ2v) is 4.62. The summed E-state index contributed by atoms with van der Waals surface area (Å²) in [6.07, 6.45) is 0.508. The third kappa shape index (κ3) is 4.24. The second-order valence-electron chi connectivity index (χ2n) is 4.62. The lowest BCUT2D eigenvalue weighted by atomic mass is 10.2. The van der Waals surface area contributed by atoms with Gasteiger partial charge in [0.25, 0.3) is 0 Å². The molecule has 0 unspecified atom stereocenters. The molecule has 1 heterocycles. The van der Waals surface area contributed by atoms with E-state index in [0.29, 0.717) is 31.9 Å². The van der Waals surface area contributed by atoms with Crippen LogP contribution in [0.5, 0.6) is 5.75 Å². The number of amides is 1. The largest absolute Gasteiger partial charge is 0.492 e. The fourth-order valence-electron chi connectivity index (χ4n) is 2.05.